The van der Waals surface area contributed by atoms with Gasteiger partial charge in [0.25, 0.3) is 5.91 Å². The van der Waals surface area contributed by atoms with Crippen molar-refractivity contribution >= 4 is 17.2 Å². The van der Waals surface area contributed by atoms with Crippen LogP contribution >= 0.6 is 11.3 Å². The highest BCUT2D eigenvalue weighted by Gasteiger charge is 2.08. The Hall–Kier alpha value is -1.62. The van der Waals surface area contributed by atoms with Gasteiger partial charge in [-0.05, 0) is 25.3 Å². The first kappa shape index (κ1) is 11.9. The van der Waals surface area contributed by atoms with Crippen LogP contribution in [-0.4, -0.2) is 15.7 Å². The molecular weight excluding hydrogens is 234 g/mol. The minimum atomic E-state index is -0.0244. The Morgan fingerprint density at radius 2 is 2.41 bits per heavy atom. The summed E-state index contributed by atoms with van der Waals surface area (Å²) in [5.41, 5.74) is 2.04. The van der Waals surface area contributed by atoms with Crippen molar-refractivity contribution in [3.63, 3.8) is 0 Å². The van der Waals surface area contributed by atoms with Crippen LogP contribution in [0.4, 0.5) is 0 Å². The van der Waals surface area contributed by atoms with Crippen LogP contribution in [-0.2, 0) is 13.1 Å². The van der Waals surface area contributed by atoms with Crippen LogP contribution in [0.5, 0.6) is 0 Å². The predicted octanol–water partition coefficient (Wildman–Crippen LogP) is 2.20. The van der Waals surface area contributed by atoms with E-state index in [-0.39, 0.29) is 5.91 Å². The van der Waals surface area contributed by atoms with Gasteiger partial charge in [0.1, 0.15) is 0 Å². The number of thiophene rings is 1. The van der Waals surface area contributed by atoms with Crippen molar-refractivity contribution in [3.8, 4) is 0 Å². The van der Waals surface area contributed by atoms with E-state index in [1.807, 2.05) is 42.2 Å². The van der Waals surface area contributed by atoms with E-state index in [1.54, 1.807) is 0 Å². The molecule has 2 aromatic rings. The first-order valence-electron chi connectivity index (χ1n) is 5.55. The lowest BCUT2D eigenvalue weighted by molar-refractivity contribution is 0.0955. The van der Waals surface area contributed by atoms with Gasteiger partial charge in [0.2, 0.25) is 0 Å². The molecule has 0 bridgehead atoms. The Labute approximate surface area is 104 Å². The molecule has 0 aliphatic heterocycles. The fraction of sp³-hybridized carbons (Fsp3) is 0.333. The van der Waals surface area contributed by atoms with Gasteiger partial charge in [-0.1, -0.05) is 6.07 Å². The van der Waals surface area contributed by atoms with E-state index >= 15 is 0 Å². The van der Waals surface area contributed by atoms with Crippen molar-refractivity contribution in [2.45, 2.75) is 26.9 Å². The van der Waals surface area contributed by atoms with Crippen LogP contribution in [0, 0.1) is 6.92 Å². The normalized spacial score (nSPS) is 10.5. The highest BCUT2D eigenvalue weighted by Crippen LogP contribution is 2.09. The molecular formula is C12H15N3OS. The summed E-state index contributed by atoms with van der Waals surface area (Å²) in [7, 11) is 0. The van der Waals surface area contributed by atoms with Gasteiger partial charge in [-0.15, -0.1) is 11.3 Å². The average Bonchev–Trinajstić information content (AvgIpc) is 2.95. The van der Waals surface area contributed by atoms with Crippen molar-refractivity contribution in [2.75, 3.05) is 0 Å². The number of hydrogen-bond acceptors (Lipinski definition) is 3. The van der Waals surface area contributed by atoms with Gasteiger partial charge in [0, 0.05) is 24.8 Å². The van der Waals surface area contributed by atoms with Crippen molar-refractivity contribution in [3.05, 3.63) is 39.8 Å². The highest BCUT2D eigenvalue weighted by atomic mass is 32.1. The Kier molecular flexibility index (Phi) is 3.58. The SMILES string of the molecule is CCn1cc(CNC(=O)c2cccs2)c(C)n1. The van der Waals surface area contributed by atoms with E-state index in [4.69, 9.17) is 0 Å². The van der Waals surface area contributed by atoms with Crippen LogP contribution in [0.15, 0.2) is 23.7 Å². The number of aryl methyl sites for hydroxylation is 2. The highest BCUT2D eigenvalue weighted by molar-refractivity contribution is 7.12. The van der Waals surface area contributed by atoms with Crippen molar-refractivity contribution in [1.29, 1.82) is 0 Å². The van der Waals surface area contributed by atoms with Crippen LogP contribution in [0.3, 0.4) is 0 Å². The van der Waals surface area contributed by atoms with Crippen molar-refractivity contribution < 1.29 is 4.79 Å². The maximum Gasteiger partial charge on any atom is 0.261 e. The monoisotopic (exact) mass is 249 g/mol. The number of nitrogens with zero attached hydrogens (tertiary/aromatic N) is 2. The molecule has 1 N–H and O–H groups in total. The first-order chi connectivity index (χ1) is 8.20. The summed E-state index contributed by atoms with van der Waals surface area (Å²) in [6, 6.07) is 3.70. The van der Waals surface area contributed by atoms with Crippen LogP contribution in [0.1, 0.15) is 27.9 Å². The molecule has 1 amide bonds. The molecule has 17 heavy (non-hydrogen) atoms. The van der Waals surface area contributed by atoms with Gasteiger partial charge < -0.3 is 5.32 Å². The molecule has 2 aromatic heterocycles. The first-order valence-corrected chi connectivity index (χ1v) is 6.43. The largest absolute Gasteiger partial charge is 0.347 e. The molecule has 0 saturated carbocycles. The molecule has 90 valence electrons. The Morgan fingerprint density at radius 1 is 1.59 bits per heavy atom. The fourth-order valence-electron chi connectivity index (χ4n) is 1.56. The minimum Gasteiger partial charge on any atom is -0.347 e. The number of aromatic nitrogens is 2. The number of carbonyl (C=O) groups is 1. The van der Waals surface area contributed by atoms with Gasteiger partial charge >= 0.3 is 0 Å². The maximum atomic E-state index is 11.7. The van der Waals surface area contributed by atoms with Gasteiger partial charge in [-0.2, -0.15) is 5.10 Å². The second-order valence-corrected chi connectivity index (χ2v) is 4.70. The summed E-state index contributed by atoms with van der Waals surface area (Å²) in [6.07, 6.45) is 1.98. The van der Waals surface area contributed by atoms with Crippen LogP contribution in [0.2, 0.25) is 0 Å². The van der Waals surface area contributed by atoms with Gasteiger partial charge in [-0.25, -0.2) is 0 Å². The number of carbonyl (C=O) groups excluding carboxylic acids is 1. The second-order valence-electron chi connectivity index (χ2n) is 3.76. The molecule has 0 aliphatic carbocycles. The third kappa shape index (κ3) is 2.74. The van der Waals surface area contributed by atoms with E-state index in [0.717, 1.165) is 22.7 Å². The standard InChI is InChI=1S/C12H15N3OS/c1-3-15-8-10(9(2)14-15)7-13-12(16)11-5-4-6-17-11/h4-6,8H,3,7H2,1-2H3,(H,13,16). The number of hydrogen-bond donors (Lipinski definition) is 1. The molecule has 0 atom stereocenters. The third-order valence-corrected chi connectivity index (χ3v) is 3.43. The third-order valence-electron chi connectivity index (χ3n) is 2.56. The molecule has 0 fully saturated rings. The maximum absolute atomic E-state index is 11.7. The molecule has 0 spiro atoms. The number of nitrogens with one attached hydrogen (secondary N) is 1. The Balaban J connectivity index is 1.98. The summed E-state index contributed by atoms with van der Waals surface area (Å²) in [6.45, 7) is 5.38. The van der Waals surface area contributed by atoms with Gasteiger partial charge in [0.15, 0.2) is 0 Å². The van der Waals surface area contributed by atoms with Gasteiger partial charge in [-0.3, -0.25) is 9.48 Å². The number of rotatable bonds is 4. The number of amides is 1. The van der Waals surface area contributed by atoms with E-state index in [1.165, 1.54) is 11.3 Å². The molecule has 0 unspecified atom stereocenters. The van der Waals surface area contributed by atoms with Gasteiger partial charge in [0.05, 0.1) is 10.6 Å². The van der Waals surface area contributed by atoms with E-state index in [9.17, 15) is 4.79 Å². The molecule has 4 nitrogen and oxygen atoms in total. The molecule has 2 rings (SSSR count). The van der Waals surface area contributed by atoms with Crippen LogP contribution in [0.25, 0.3) is 0 Å². The lowest BCUT2D eigenvalue weighted by Gasteiger charge is -2.01. The lowest BCUT2D eigenvalue weighted by Crippen LogP contribution is -2.21. The topological polar surface area (TPSA) is 46.9 Å². The summed E-state index contributed by atoms with van der Waals surface area (Å²) in [5, 5.41) is 9.13. The Bertz CT molecular complexity index is 502. The quantitative estimate of drug-likeness (QED) is 0.903. The fourth-order valence-corrected chi connectivity index (χ4v) is 2.21. The van der Waals surface area contributed by atoms with Crippen molar-refractivity contribution in [1.82, 2.24) is 15.1 Å². The van der Waals surface area contributed by atoms with E-state index in [0.29, 0.717) is 6.54 Å². The molecule has 2 heterocycles. The Morgan fingerprint density at radius 3 is 3.00 bits per heavy atom. The molecule has 5 heteroatoms. The minimum absolute atomic E-state index is 0.0244. The molecule has 0 aliphatic rings. The van der Waals surface area contributed by atoms with Crippen molar-refractivity contribution in [2.24, 2.45) is 0 Å². The molecule has 0 saturated heterocycles. The second kappa shape index (κ2) is 5.14. The summed E-state index contributed by atoms with van der Waals surface area (Å²) >= 11 is 1.45. The zero-order valence-corrected chi connectivity index (χ0v) is 10.8. The summed E-state index contributed by atoms with van der Waals surface area (Å²) in [4.78, 5) is 12.5. The van der Waals surface area contributed by atoms with Crippen LogP contribution < -0.4 is 5.32 Å². The summed E-state index contributed by atoms with van der Waals surface area (Å²) < 4.78 is 1.88. The predicted molar refractivity (Wildman–Crippen MR) is 68.1 cm³/mol. The average molecular weight is 249 g/mol. The smallest absolute Gasteiger partial charge is 0.261 e. The zero-order valence-electron chi connectivity index (χ0n) is 9.93. The van der Waals surface area contributed by atoms with E-state index in [2.05, 4.69) is 10.4 Å². The lowest BCUT2D eigenvalue weighted by atomic mass is 10.2. The zero-order chi connectivity index (χ0) is 12.3. The summed E-state index contributed by atoms with van der Waals surface area (Å²) in [5.74, 6) is -0.0244. The molecule has 0 aromatic carbocycles. The molecule has 0 radical (unpaired) electrons. The van der Waals surface area contributed by atoms with E-state index < -0.39 is 0 Å².